The first-order valence-electron chi connectivity index (χ1n) is 3.86. The Labute approximate surface area is 89.3 Å². The van der Waals surface area contributed by atoms with Crippen LogP contribution in [0.15, 0.2) is 16.7 Å². The van der Waals surface area contributed by atoms with Crippen molar-refractivity contribution in [2.45, 2.75) is 5.60 Å². The van der Waals surface area contributed by atoms with Gasteiger partial charge >= 0.3 is 0 Å². The summed E-state index contributed by atoms with van der Waals surface area (Å²) in [6.07, 6.45) is 1.61. The molecule has 13 heavy (non-hydrogen) atoms. The van der Waals surface area contributed by atoms with E-state index in [9.17, 15) is 5.11 Å². The predicted octanol–water partition coefficient (Wildman–Crippen LogP) is 1.29. The SMILES string of the molecule is OC1(c2cc(Br)cnc2Cl)CNC1. The number of β-amino-alcohol motifs (C(OH)–C–C–N with tert-alkyl or cyclic N) is 1. The minimum atomic E-state index is -0.839. The molecular formula is C8H8BrClN2O. The number of aromatic nitrogens is 1. The number of hydrogen-bond donors (Lipinski definition) is 2. The van der Waals surface area contributed by atoms with E-state index >= 15 is 0 Å². The summed E-state index contributed by atoms with van der Waals surface area (Å²) in [5.41, 5.74) is -0.157. The van der Waals surface area contributed by atoms with Gasteiger partial charge in [0.05, 0.1) is 0 Å². The van der Waals surface area contributed by atoms with Gasteiger partial charge < -0.3 is 10.4 Å². The zero-order valence-corrected chi connectivity index (χ0v) is 9.06. The Morgan fingerprint density at radius 1 is 1.62 bits per heavy atom. The maximum Gasteiger partial charge on any atom is 0.135 e. The summed E-state index contributed by atoms with van der Waals surface area (Å²) in [7, 11) is 0. The second-order valence-corrected chi connectivity index (χ2v) is 4.40. The molecule has 70 valence electrons. The third kappa shape index (κ3) is 1.59. The van der Waals surface area contributed by atoms with Crippen molar-refractivity contribution in [3.63, 3.8) is 0 Å². The molecule has 2 N–H and O–H groups in total. The van der Waals surface area contributed by atoms with E-state index in [1.165, 1.54) is 0 Å². The largest absolute Gasteiger partial charge is 0.382 e. The normalized spacial score (nSPS) is 19.6. The van der Waals surface area contributed by atoms with Crippen LogP contribution in [0.3, 0.4) is 0 Å². The van der Waals surface area contributed by atoms with Crippen molar-refractivity contribution in [2.24, 2.45) is 0 Å². The molecule has 1 aromatic heterocycles. The van der Waals surface area contributed by atoms with Gasteiger partial charge in [-0.2, -0.15) is 0 Å². The van der Waals surface area contributed by atoms with Crippen LogP contribution in [-0.4, -0.2) is 23.2 Å². The molecule has 1 saturated heterocycles. The van der Waals surface area contributed by atoms with Gasteiger partial charge in [-0.1, -0.05) is 11.6 Å². The molecule has 0 amide bonds. The van der Waals surface area contributed by atoms with E-state index in [-0.39, 0.29) is 0 Å². The monoisotopic (exact) mass is 262 g/mol. The van der Waals surface area contributed by atoms with E-state index < -0.39 is 5.60 Å². The summed E-state index contributed by atoms with van der Waals surface area (Å²) in [6, 6.07) is 1.80. The standard InChI is InChI=1S/C8H8BrClN2O/c9-5-1-6(7(10)12-2-5)8(13)3-11-4-8/h1-2,11,13H,3-4H2. The van der Waals surface area contributed by atoms with Crippen LogP contribution in [0.4, 0.5) is 0 Å². The van der Waals surface area contributed by atoms with Gasteiger partial charge in [0.25, 0.3) is 0 Å². The van der Waals surface area contributed by atoms with Gasteiger partial charge in [0.1, 0.15) is 10.8 Å². The molecule has 1 fully saturated rings. The fourth-order valence-corrected chi connectivity index (χ4v) is 1.91. The summed E-state index contributed by atoms with van der Waals surface area (Å²) < 4.78 is 0.826. The lowest BCUT2D eigenvalue weighted by Crippen LogP contribution is -2.56. The van der Waals surface area contributed by atoms with Crippen LogP contribution in [0.5, 0.6) is 0 Å². The first-order valence-corrected chi connectivity index (χ1v) is 5.03. The number of nitrogens with zero attached hydrogens (tertiary/aromatic N) is 1. The van der Waals surface area contributed by atoms with Crippen molar-refractivity contribution in [3.05, 3.63) is 27.5 Å². The lowest BCUT2D eigenvalue weighted by atomic mass is 9.89. The minimum absolute atomic E-state index is 0.368. The molecule has 0 bridgehead atoms. The highest BCUT2D eigenvalue weighted by Crippen LogP contribution is 2.31. The topological polar surface area (TPSA) is 45.2 Å². The Hall–Kier alpha value is -0.160. The van der Waals surface area contributed by atoms with Crippen LogP contribution in [0.1, 0.15) is 5.56 Å². The summed E-state index contributed by atoms with van der Waals surface area (Å²) in [6.45, 7) is 1.07. The van der Waals surface area contributed by atoms with Gasteiger partial charge in [-0.3, -0.25) is 0 Å². The smallest absolute Gasteiger partial charge is 0.135 e. The van der Waals surface area contributed by atoms with Gasteiger partial charge in [-0.15, -0.1) is 0 Å². The highest BCUT2D eigenvalue weighted by molar-refractivity contribution is 9.10. The lowest BCUT2D eigenvalue weighted by Gasteiger charge is -2.38. The molecule has 0 saturated carbocycles. The van der Waals surface area contributed by atoms with Crippen molar-refractivity contribution in [1.82, 2.24) is 10.3 Å². The molecule has 0 spiro atoms. The third-order valence-corrected chi connectivity index (χ3v) is 2.88. The zero-order chi connectivity index (χ0) is 9.47. The van der Waals surface area contributed by atoms with Gasteiger partial charge in [0, 0.05) is 29.3 Å². The number of halogens is 2. The summed E-state index contributed by atoms with van der Waals surface area (Å²) in [5.74, 6) is 0. The molecule has 2 rings (SSSR count). The Kier molecular flexibility index (Phi) is 2.32. The molecule has 0 aliphatic carbocycles. The summed E-state index contributed by atoms with van der Waals surface area (Å²) >= 11 is 9.16. The molecule has 0 unspecified atom stereocenters. The number of hydrogen-bond acceptors (Lipinski definition) is 3. The van der Waals surface area contributed by atoms with Crippen molar-refractivity contribution in [2.75, 3.05) is 13.1 Å². The molecule has 3 nitrogen and oxygen atoms in total. The van der Waals surface area contributed by atoms with Crippen LogP contribution in [-0.2, 0) is 5.60 Å². The second-order valence-electron chi connectivity index (χ2n) is 3.13. The molecular weight excluding hydrogens is 255 g/mol. The first kappa shape index (κ1) is 9.40. The van der Waals surface area contributed by atoms with E-state index in [1.54, 1.807) is 12.3 Å². The fourth-order valence-electron chi connectivity index (χ4n) is 1.30. The second kappa shape index (κ2) is 3.20. The average molecular weight is 264 g/mol. The highest BCUT2D eigenvalue weighted by atomic mass is 79.9. The number of rotatable bonds is 1. The van der Waals surface area contributed by atoms with Gasteiger partial charge in [0.15, 0.2) is 0 Å². The molecule has 5 heteroatoms. The van der Waals surface area contributed by atoms with Crippen LogP contribution >= 0.6 is 27.5 Å². The Balaban J connectivity index is 2.43. The quantitative estimate of drug-likeness (QED) is 0.751. The Bertz CT molecular complexity index is 341. The van der Waals surface area contributed by atoms with Gasteiger partial charge in [0.2, 0.25) is 0 Å². The molecule has 1 aliphatic heterocycles. The Morgan fingerprint density at radius 2 is 2.31 bits per heavy atom. The highest BCUT2D eigenvalue weighted by Gasteiger charge is 2.38. The first-order chi connectivity index (χ1) is 6.12. The van der Waals surface area contributed by atoms with Crippen molar-refractivity contribution in [1.29, 1.82) is 0 Å². The lowest BCUT2D eigenvalue weighted by molar-refractivity contribution is -0.0148. The number of nitrogens with one attached hydrogen (secondary N) is 1. The fraction of sp³-hybridized carbons (Fsp3) is 0.375. The van der Waals surface area contributed by atoms with Crippen molar-refractivity contribution < 1.29 is 5.11 Å². The predicted molar refractivity (Wildman–Crippen MR) is 53.7 cm³/mol. The molecule has 1 aromatic rings. The average Bonchev–Trinajstić information content (AvgIpc) is 2.05. The molecule has 0 atom stereocenters. The summed E-state index contributed by atoms with van der Waals surface area (Å²) in [4.78, 5) is 3.96. The van der Waals surface area contributed by atoms with Crippen LogP contribution < -0.4 is 5.32 Å². The van der Waals surface area contributed by atoms with Crippen LogP contribution in [0, 0.1) is 0 Å². The van der Waals surface area contributed by atoms with Crippen molar-refractivity contribution in [3.8, 4) is 0 Å². The molecule has 2 heterocycles. The third-order valence-electron chi connectivity index (χ3n) is 2.14. The molecule has 1 aliphatic rings. The molecule has 0 aromatic carbocycles. The zero-order valence-electron chi connectivity index (χ0n) is 6.72. The Morgan fingerprint density at radius 3 is 2.85 bits per heavy atom. The van der Waals surface area contributed by atoms with E-state index in [0.29, 0.717) is 23.8 Å². The van der Waals surface area contributed by atoms with E-state index in [2.05, 4.69) is 26.2 Å². The maximum absolute atomic E-state index is 9.98. The minimum Gasteiger partial charge on any atom is -0.382 e. The molecule has 0 radical (unpaired) electrons. The van der Waals surface area contributed by atoms with Crippen LogP contribution in [0.25, 0.3) is 0 Å². The van der Waals surface area contributed by atoms with E-state index in [1.807, 2.05) is 0 Å². The van der Waals surface area contributed by atoms with Gasteiger partial charge in [-0.05, 0) is 22.0 Å². The van der Waals surface area contributed by atoms with E-state index in [0.717, 1.165) is 4.47 Å². The van der Waals surface area contributed by atoms with Gasteiger partial charge in [-0.25, -0.2) is 4.98 Å². The van der Waals surface area contributed by atoms with Crippen LogP contribution in [0.2, 0.25) is 5.15 Å². The number of aliphatic hydroxyl groups is 1. The number of pyridine rings is 1. The maximum atomic E-state index is 9.98. The van der Waals surface area contributed by atoms with E-state index in [4.69, 9.17) is 11.6 Å². The van der Waals surface area contributed by atoms with Crippen molar-refractivity contribution >= 4 is 27.5 Å². The summed E-state index contributed by atoms with van der Waals surface area (Å²) in [5, 5.41) is 13.3.